The Bertz CT molecular complexity index is 454. The average Bonchev–Trinajstić information content (AvgIpc) is 2.82. The van der Waals surface area contributed by atoms with E-state index in [0.717, 1.165) is 0 Å². The highest BCUT2D eigenvalue weighted by atomic mass is 19.3. The fourth-order valence-electron chi connectivity index (χ4n) is 2.36. The number of hydrogen-bond donors (Lipinski definition) is 2. The summed E-state index contributed by atoms with van der Waals surface area (Å²) in [7, 11) is 1.46. The highest BCUT2D eigenvalue weighted by molar-refractivity contribution is 5.94. The van der Waals surface area contributed by atoms with Crippen LogP contribution in [0.1, 0.15) is 34.1 Å². The first-order chi connectivity index (χ1) is 7.07. The molecule has 2 aliphatic carbocycles. The van der Waals surface area contributed by atoms with Crippen LogP contribution in [0.5, 0.6) is 0 Å². The summed E-state index contributed by atoms with van der Waals surface area (Å²) in [5.41, 5.74) is 0.379. The van der Waals surface area contributed by atoms with Gasteiger partial charge in [-0.3, -0.25) is 9.89 Å². The SMILES string of the molecule is CNC(=O)c1n[nH]c2c1C1C[C@H]1C2(F)F. The van der Waals surface area contributed by atoms with Crippen molar-refractivity contribution in [3.63, 3.8) is 0 Å². The van der Waals surface area contributed by atoms with Crippen LogP contribution in [-0.2, 0) is 5.92 Å². The normalized spacial score (nSPS) is 29.5. The van der Waals surface area contributed by atoms with E-state index in [4.69, 9.17) is 0 Å². The highest BCUT2D eigenvalue weighted by Crippen LogP contribution is 2.66. The van der Waals surface area contributed by atoms with Gasteiger partial charge in [0.25, 0.3) is 11.8 Å². The van der Waals surface area contributed by atoms with E-state index in [-0.39, 0.29) is 17.3 Å². The molecule has 2 atom stereocenters. The van der Waals surface area contributed by atoms with Crippen molar-refractivity contribution in [1.82, 2.24) is 15.5 Å². The van der Waals surface area contributed by atoms with Crippen LogP contribution in [-0.4, -0.2) is 23.2 Å². The average molecular weight is 213 g/mol. The first-order valence-electron chi connectivity index (χ1n) is 4.76. The van der Waals surface area contributed by atoms with E-state index in [2.05, 4.69) is 15.5 Å². The monoisotopic (exact) mass is 213 g/mol. The van der Waals surface area contributed by atoms with Crippen molar-refractivity contribution < 1.29 is 13.6 Å². The molecule has 15 heavy (non-hydrogen) atoms. The van der Waals surface area contributed by atoms with Crippen LogP contribution in [0.3, 0.4) is 0 Å². The van der Waals surface area contributed by atoms with Gasteiger partial charge >= 0.3 is 0 Å². The third-order valence-corrected chi connectivity index (χ3v) is 3.21. The molecule has 0 aromatic carbocycles. The van der Waals surface area contributed by atoms with Crippen LogP contribution in [0, 0.1) is 5.92 Å². The summed E-state index contributed by atoms with van der Waals surface area (Å²) >= 11 is 0. The summed E-state index contributed by atoms with van der Waals surface area (Å²) in [6.07, 6.45) is 0.462. The third-order valence-electron chi connectivity index (χ3n) is 3.21. The fourth-order valence-corrected chi connectivity index (χ4v) is 2.36. The van der Waals surface area contributed by atoms with Gasteiger partial charge in [-0.1, -0.05) is 0 Å². The van der Waals surface area contributed by atoms with Crippen molar-refractivity contribution in [1.29, 1.82) is 0 Å². The lowest BCUT2D eigenvalue weighted by molar-refractivity contribution is -0.0268. The Balaban J connectivity index is 2.14. The second-order valence-corrected chi connectivity index (χ2v) is 4.01. The highest BCUT2D eigenvalue weighted by Gasteiger charge is 2.66. The maximum absolute atomic E-state index is 13.6. The molecular formula is C9H9F2N3O. The molecule has 1 unspecified atom stereocenters. The number of hydrogen-bond acceptors (Lipinski definition) is 2. The number of aromatic nitrogens is 2. The number of alkyl halides is 2. The molecule has 1 aromatic rings. The quantitative estimate of drug-likeness (QED) is 0.730. The van der Waals surface area contributed by atoms with Gasteiger partial charge in [0.15, 0.2) is 5.69 Å². The Morgan fingerprint density at radius 1 is 1.67 bits per heavy atom. The molecule has 1 heterocycles. The van der Waals surface area contributed by atoms with Crippen molar-refractivity contribution in [3.05, 3.63) is 17.0 Å². The first-order valence-corrected chi connectivity index (χ1v) is 4.76. The Labute approximate surface area is 84.0 Å². The van der Waals surface area contributed by atoms with Gasteiger partial charge in [0.05, 0.1) is 0 Å². The first kappa shape index (κ1) is 8.82. The van der Waals surface area contributed by atoms with Gasteiger partial charge in [-0.25, -0.2) is 0 Å². The molecule has 2 aliphatic rings. The molecule has 1 fully saturated rings. The predicted molar refractivity (Wildman–Crippen MR) is 46.7 cm³/mol. The molecule has 1 saturated carbocycles. The summed E-state index contributed by atoms with van der Waals surface area (Å²) in [6, 6.07) is 0. The van der Waals surface area contributed by atoms with Crippen molar-refractivity contribution in [2.75, 3.05) is 7.05 Å². The molecular weight excluding hydrogens is 204 g/mol. The van der Waals surface area contributed by atoms with E-state index in [1.165, 1.54) is 7.05 Å². The number of carbonyl (C=O) groups excluding carboxylic acids is 1. The standard InChI is InChI=1S/C9H9F2N3O/c1-12-8(15)6-5-3-2-4(3)9(10,11)7(5)14-13-6/h3-4H,2H2,1H3,(H,12,15)(H,13,14)/t3?,4-/m1/s1. The minimum atomic E-state index is -2.83. The van der Waals surface area contributed by atoms with Gasteiger partial charge < -0.3 is 5.32 Å². The maximum atomic E-state index is 13.6. The molecule has 0 radical (unpaired) electrons. The Morgan fingerprint density at radius 3 is 3.07 bits per heavy atom. The van der Waals surface area contributed by atoms with Gasteiger partial charge in [0.1, 0.15) is 5.69 Å². The van der Waals surface area contributed by atoms with Crippen LogP contribution in [0.25, 0.3) is 0 Å². The Kier molecular flexibility index (Phi) is 1.39. The largest absolute Gasteiger partial charge is 0.354 e. The summed E-state index contributed by atoms with van der Waals surface area (Å²) in [4.78, 5) is 11.4. The van der Waals surface area contributed by atoms with E-state index in [0.29, 0.717) is 12.0 Å². The Hall–Kier alpha value is -1.46. The van der Waals surface area contributed by atoms with Crippen molar-refractivity contribution >= 4 is 5.91 Å². The number of fused-ring (bicyclic) bond motifs is 3. The van der Waals surface area contributed by atoms with Crippen LogP contribution < -0.4 is 5.32 Å². The molecule has 1 aromatic heterocycles. The molecule has 4 nitrogen and oxygen atoms in total. The number of aromatic amines is 1. The molecule has 3 rings (SSSR count). The minimum absolute atomic E-state index is 0.122. The zero-order valence-corrected chi connectivity index (χ0v) is 7.97. The number of carbonyl (C=O) groups is 1. The van der Waals surface area contributed by atoms with Crippen LogP contribution >= 0.6 is 0 Å². The predicted octanol–water partition coefficient (Wildman–Crippen LogP) is 0.978. The smallest absolute Gasteiger partial charge is 0.292 e. The second-order valence-electron chi connectivity index (χ2n) is 4.01. The Morgan fingerprint density at radius 2 is 2.40 bits per heavy atom. The molecule has 6 heteroatoms. The summed E-state index contributed by atoms with van der Waals surface area (Å²) in [5.74, 6) is -4.04. The van der Waals surface area contributed by atoms with Gasteiger partial charge in [0, 0.05) is 18.5 Å². The molecule has 0 bridgehead atoms. The van der Waals surface area contributed by atoms with Crippen molar-refractivity contribution in [3.8, 4) is 0 Å². The van der Waals surface area contributed by atoms with Gasteiger partial charge in [-0.15, -0.1) is 0 Å². The lowest BCUT2D eigenvalue weighted by atomic mass is 10.1. The lowest BCUT2D eigenvalue weighted by Gasteiger charge is -2.09. The maximum Gasteiger partial charge on any atom is 0.292 e. The number of nitrogens with one attached hydrogen (secondary N) is 2. The van der Waals surface area contributed by atoms with E-state index in [1.54, 1.807) is 0 Å². The zero-order valence-electron chi connectivity index (χ0n) is 7.97. The second kappa shape index (κ2) is 2.37. The van der Waals surface area contributed by atoms with Crippen LogP contribution in [0.4, 0.5) is 8.78 Å². The van der Waals surface area contributed by atoms with Crippen LogP contribution in [0.2, 0.25) is 0 Å². The molecule has 1 amide bonds. The number of amides is 1. The lowest BCUT2D eigenvalue weighted by Crippen LogP contribution is -2.19. The van der Waals surface area contributed by atoms with E-state index >= 15 is 0 Å². The van der Waals surface area contributed by atoms with Gasteiger partial charge in [0.2, 0.25) is 0 Å². The number of rotatable bonds is 1. The number of nitrogens with zero attached hydrogens (tertiary/aromatic N) is 1. The third kappa shape index (κ3) is 0.891. The topological polar surface area (TPSA) is 57.8 Å². The summed E-state index contributed by atoms with van der Waals surface area (Å²) in [6.45, 7) is 0. The number of halogens is 2. The van der Waals surface area contributed by atoms with Gasteiger partial charge in [-0.2, -0.15) is 13.9 Å². The van der Waals surface area contributed by atoms with E-state index in [1.807, 2.05) is 0 Å². The van der Waals surface area contributed by atoms with Crippen molar-refractivity contribution in [2.24, 2.45) is 5.92 Å². The minimum Gasteiger partial charge on any atom is -0.354 e. The van der Waals surface area contributed by atoms with Gasteiger partial charge in [-0.05, 0) is 12.3 Å². The number of H-pyrrole nitrogens is 1. The van der Waals surface area contributed by atoms with Crippen molar-refractivity contribution in [2.45, 2.75) is 18.3 Å². The van der Waals surface area contributed by atoms with E-state index in [9.17, 15) is 13.6 Å². The molecule has 2 N–H and O–H groups in total. The molecule has 0 spiro atoms. The van der Waals surface area contributed by atoms with Crippen LogP contribution in [0.15, 0.2) is 0 Å². The summed E-state index contributed by atoms with van der Waals surface area (Å²) in [5, 5.41) is 8.35. The van der Waals surface area contributed by atoms with E-state index < -0.39 is 17.7 Å². The molecule has 0 aliphatic heterocycles. The molecule has 80 valence electrons. The zero-order chi connectivity index (χ0) is 10.8. The fraction of sp³-hybridized carbons (Fsp3) is 0.556. The molecule has 0 saturated heterocycles. The summed E-state index contributed by atoms with van der Waals surface area (Å²) < 4.78 is 27.1.